The summed E-state index contributed by atoms with van der Waals surface area (Å²) in [5.41, 5.74) is 0. The molecule has 0 aromatic rings. The van der Waals surface area contributed by atoms with Crippen LogP contribution in [-0.4, -0.2) is 45.4 Å². The van der Waals surface area contributed by atoms with Gasteiger partial charge in [0, 0.05) is 0 Å². The summed E-state index contributed by atoms with van der Waals surface area (Å²) in [7, 11) is 2.77. The van der Waals surface area contributed by atoms with Crippen molar-refractivity contribution in [2.24, 2.45) is 0 Å². The first-order valence-corrected chi connectivity index (χ1v) is 16.5. The zero-order valence-corrected chi connectivity index (χ0v) is 25.7. The number of quaternary nitrogens is 1. The van der Waals surface area contributed by atoms with Gasteiger partial charge >= 0.3 is 0 Å². The lowest BCUT2D eigenvalue weighted by Crippen LogP contribution is -2.35. The van der Waals surface area contributed by atoms with E-state index in [-0.39, 0.29) is 13.2 Å². The Morgan fingerprint density at radius 2 is 0.800 bits per heavy atom. The van der Waals surface area contributed by atoms with Crippen LogP contribution in [0.2, 0.25) is 0 Å². The van der Waals surface area contributed by atoms with Crippen molar-refractivity contribution in [2.75, 3.05) is 40.9 Å². The van der Waals surface area contributed by atoms with E-state index in [2.05, 4.69) is 41.9 Å². The van der Waals surface area contributed by atoms with Gasteiger partial charge < -0.3 is 18.4 Å². The lowest BCUT2D eigenvalue weighted by molar-refractivity contribution is -0.870. The zero-order valence-electron chi connectivity index (χ0n) is 24.8. The average Bonchev–Trinajstić information content (AvgIpc) is 2.79. The number of phosphoric ester groups is 1. The van der Waals surface area contributed by atoms with E-state index in [1.54, 1.807) is 0 Å². The minimum absolute atomic E-state index is 0.253. The lowest BCUT2D eigenvalue weighted by Gasteiger charge is -2.23. The molecule has 5 nitrogen and oxygen atoms in total. The molecule has 0 amide bonds. The molecule has 214 valence electrons. The largest absolute Gasteiger partial charge is 0.756 e. The third kappa shape index (κ3) is 36.3. The van der Waals surface area contributed by atoms with E-state index in [0.717, 1.165) is 43.0 Å². The summed E-state index contributed by atoms with van der Waals surface area (Å²) in [5.74, 6) is 0. The Morgan fingerprint density at radius 1 is 0.514 bits per heavy atom. The minimum Gasteiger partial charge on any atom is -0.756 e. The third-order valence-corrected chi connectivity index (χ3v) is 7.17. The van der Waals surface area contributed by atoms with Gasteiger partial charge in [0.25, 0.3) is 7.82 Å². The highest BCUT2D eigenvalue weighted by molar-refractivity contribution is 7.45. The van der Waals surface area contributed by atoms with E-state index < -0.39 is 7.82 Å². The third-order valence-electron chi connectivity index (χ3n) is 6.18. The lowest BCUT2D eigenvalue weighted by atomic mass is 10.1. The number of unbranched alkanes of at least 4 members (excludes halogenated alkanes) is 17. The summed E-state index contributed by atoms with van der Waals surface area (Å²) in [6.45, 7) is 8.47. The zero-order chi connectivity index (χ0) is 26.7. The molecule has 35 heavy (non-hydrogen) atoms. The molecule has 0 radical (unpaired) electrons. The Morgan fingerprint density at radius 3 is 1.11 bits per heavy atom. The van der Waals surface area contributed by atoms with E-state index >= 15 is 0 Å². The van der Waals surface area contributed by atoms with Crippen molar-refractivity contribution in [3.8, 4) is 0 Å². The fraction of sp³-hybridized carbons (Fsp3) is 1.00. The number of hydrogen-bond acceptors (Lipinski definition) is 4. The maximum Gasteiger partial charge on any atom is 0.267 e. The monoisotopic (exact) mass is 521 g/mol. The molecule has 0 unspecified atom stereocenters. The first-order chi connectivity index (χ1) is 16.7. The van der Waals surface area contributed by atoms with Crippen LogP contribution in [0, 0.1) is 0 Å². The van der Waals surface area contributed by atoms with Crippen molar-refractivity contribution < 1.29 is 23.0 Å². The summed E-state index contributed by atoms with van der Waals surface area (Å²) in [6.07, 6.45) is 24.8. The van der Waals surface area contributed by atoms with Crippen LogP contribution in [0.25, 0.3) is 0 Å². The van der Waals surface area contributed by atoms with Crippen LogP contribution in [-0.2, 0) is 13.6 Å². The van der Waals surface area contributed by atoms with Gasteiger partial charge in [0.1, 0.15) is 0 Å². The van der Waals surface area contributed by atoms with Gasteiger partial charge in [0.15, 0.2) is 0 Å². The normalized spacial score (nSPS) is 12.0. The number of rotatable bonds is 25. The Kier molecular flexibility index (Phi) is 28.8. The smallest absolute Gasteiger partial charge is 0.267 e. The van der Waals surface area contributed by atoms with Crippen LogP contribution in [0.1, 0.15) is 149 Å². The molecule has 0 aliphatic carbocycles. The minimum atomic E-state index is -4.07. The van der Waals surface area contributed by atoms with Gasteiger partial charge in [-0.15, -0.1) is 0 Å². The van der Waals surface area contributed by atoms with Crippen molar-refractivity contribution in [3.63, 3.8) is 0 Å². The van der Waals surface area contributed by atoms with Crippen LogP contribution < -0.4 is 4.89 Å². The van der Waals surface area contributed by atoms with E-state index in [1.165, 1.54) is 96.4 Å². The van der Waals surface area contributed by atoms with E-state index in [0.29, 0.717) is 0 Å². The van der Waals surface area contributed by atoms with Crippen LogP contribution >= 0.6 is 7.82 Å². The molecule has 0 aliphatic rings. The fourth-order valence-electron chi connectivity index (χ4n) is 3.87. The maximum absolute atomic E-state index is 11.5. The van der Waals surface area contributed by atoms with E-state index in [9.17, 15) is 9.46 Å². The van der Waals surface area contributed by atoms with Crippen molar-refractivity contribution in [3.05, 3.63) is 0 Å². The Hall–Kier alpha value is 0.0700. The van der Waals surface area contributed by atoms with E-state index in [1.807, 2.05) is 0 Å². The molecule has 0 saturated carbocycles. The SMILES string of the molecule is CCCCCCCCCC[N+](C)(C)C.CCCCCCCCOP(=O)([O-])OCCCCCCCC. The van der Waals surface area contributed by atoms with Crippen LogP contribution in [0.3, 0.4) is 0 Å². The highest BCUT2D eigenvalue weighted by atomic mass is 31.2. The summed E-state index contributed by atoms with van der Waals surface area (Å²) in [5, 5.41) is 0. The first kappa shape index (κ1) is 37.2. The van der Waals surface area contributed by atoms with Crippen LogP contribution in [0.4, 0.5) is 0 Å². The molecule has 0 spiro atoms. The highest BCUT2D eigenvalue weighted by Crippen LogP contribution is 2.38. The van der Waals surface area contributed by atoms with Crippen molar-refractivity contribution in [2.45, 2.75) is 149 Å². The maximum atomic E-state index is 11.5. The van der Waals surface area contributed by atoms with Gasteiger partial charge in [-0.1, -0.05) is 124 Å². The summed E-state index contributed by atoms with van der Waals surface area (Å²) in [4.78, 5) is 11.5. The molecule has 6 heteroatoms. The summed E-state index contributed by atoms with van der Waals surface area (Å²) in [6, 6.07) is 0. The Bertz CT molecular complexity index is 432. The van der Waals surface area contributed by atoms with Gasteiger partial charge in [-0.2, -0.15) is 0 Å². The molecule has 0 rings (SSSR count). The molecule has 0 aliphatic heterocycles. The second-order valence-corrected chi connectivity index (χ2v) is 12.5. The quantitative estimate of drug-likeness (QED) is 0.0683. The molecule has 0 saturated heterocycles. The Balaban J connectivity index is 0. The molecule has 0 heterocycles. The number of nitrogens with zero attached hydrogens (tertiary/aromatic N) is 1. The predicted molar refractivity (Wildman–Crippen MR) is 152 cm³/mol. The molecule has 0 aromatic carbocycles. The van der Waals surface area contributed by atoms with Crippen molar-refractivity contribution >= 4 is 7.82 Å². The molecule has 0 N–H and O–H groups in total. The fourth-order valence-corrected chi connectivity index (χ4v) is 4.65. The molecule has 0 atom stereocenters. The van der Waals surface area contributed by atoms with Crippen molar-refractivity contribution in [1.29, 1.82) is 0 Å². The van der Waals surface area contributed by atoms with Gasteiger partial charge in [-0.05, 0) is 25.7 Å². The van der Waals surface area contributed by atoms with Crippen LogP contribution in [0.15, 0.2) is 0 Å². The molecule has 0 bridgehead atoms. The second-order valence-electron chi connectivity index (χ2n) is 11.1. The Labute approximate surface area is 221 Å². The first-order valence-electron chi connectivity index (χ1n) is 15.1. The van der Waals surface area contributed by atoms with Crippen molar-refractivity contribution in [1.82, 2.24) is 0 Å². The molecular weight excluding hydrogens is 457 g/mol. The number of phosphoric acid groups is 1. The summed E-state index contributed by atoms with van der Waals surface area (Å²) < 4.78 is 22.3. The molecule has 0 aromatic heterocycles. The van der Waals surface area contributed by atoms with E-state index in [4.69, 9.17) is 9.05 Å². The topological polar surface area (TPSA) is 58.6 Å². The standard InChI is InChI=1S/C16H35O4P.C13H30N/c1-3-5-7-9-11-13-15-19-21(17,18)20-16-14-12-10-8-6-4-2;1-5-6-7-8-9-10-11-12-13-14(2,3)4/h3-16H2,1-2H3,(H,17,18);5-13H2,1-4H3/q;+1/p-1. The number of hydrogen-bond donors (Lipinski definition) is 0. The van der Waals surface area contributed by atoms with Gasteiger partial charge in [-0.3, -0.25) is 4.57 Å². The molecule has 0 fully saturated rings. The average molecular weight is 522 g/mol. The second kappa shape index (κ2) is 27.1. The van der Waals surface area contributed by atoms with Crippen LogP contribution in [0.5, 0.6) is 0 Å². The van der Waals surface area contributed by atoms with Gasteiger partial charge in [-0.25, -0.2) is 0 Å². The van der Waals surface area contributed by atoms with Gasteiger partial charge in [0.2, 0.25) is 0 Å². The predicted octanol–water partition coefficient (Wildman–Crippen LogP) is 9.04. The van der Waals surface area contributed by atoms with Gasteiger partial charge in [0.05, 0.1) is 40.9 Å². The highest BCUT2D eigenvalue weighted by Gasteiger charge is 2.08. The summed E-state index contributed by atoms with van der Waals surface area (Å²) >= 11 is 0. The molecular formula is C29H64NO4P.